The number of carbonyl (C=O) groups is 1. The van der Waals surface area contributed by atoms with Gasteiger partial charge in [-0.3, -0.25) is 9.69 Å². The predicted octanol–water partition coefficient (Wildman–Crippen LogP) is 4.73. The van der Waals surface area contributed by atoms with Gasteiger partial charge in [0.25, 0.3) is 5.91 Å². The van der Waals surface area contributed by atoms with Crippen molar-refractivity contribution < 1.29 is 19.1 Å². The maximum Gasteiger partial charge on any atom is 0.251 e. The van der Waals surface area contributed by atoms with Gasteiger partial charge in [0, 0.05) is 44.0 Å². The summed E-state index contributed by atoms with van der Waals surface area (Å²) < 4.78 is 12.3. The molecule has 1 fully saturated rings. The second-order valence-corrected chi connectivity index (χ2v) is 11.2. The topological polar surface area (TPSA) is 113 Å². The highest BCUT2D eigenvalue weighted by molar-refractivity contribution is 9.10. The summed E-state index contributed by atoms with van der Waals surface area (Å²) in [6, 6.07) is 7.95. The molecule has 1 aliphatic carbocycles. The molecule has 0 spiro atoms. The highest BCUT2D eigenvalue weighted by Gasteiger charge is 2.23. The van der Waals surface area contributed by atoms with Gasteiger partial charge in [0.15, 0.2) is 12.2 Å². The Labute approximate surface area is 250 Å². The zero-order valence-electron chi connectivity index (χ0n) is 22.8. The molecule has 0 radical (unpaired) electrons. The van der Waals surface area contributed by atoms with Crippen LogP contribution in [0.25, 0.3) is 0 Å². The van der Waals surface area contributed by atoms with Gasteiger partial charge >= 0.3 is 0 Å². The minimum Gasteiger partial charge on any atom is -0.484 e. The van der Waals surface area contributed by atoms with E-state index >= 15 is 0 Å². The lowest BCUT2D eigenvalue weighted by Gasteiger charge is -2.31. The number of nitrogens with zero attached hydrogens (tertiary/aromatic N) is 3. The van der Waals surface area contributed by atoms with Gasteiger partial charge in [0.05, 0.1) is 16.3 Å². The molecule has 40 heavy (non-hydrogen) atoms. The summed E-state index contributed by atoms with van der Waals surface area (Å²) in [5, 5.41) is 17.0. The van der Waals surface area contributed by atoms with E-state index in [1.54, 1.807) is 18.3 Å². The van der Waals surface area contributed by atoms with Crippen LogP contribution in [0.15, 0.2) is 45.7 Å². The van der Waals surface area contributed by atoms with Crippen molar-refractivity contribution in [3.63, 3.8) is 0 Å². The number of oxazole rings is 1. The molecule has 1 amide bonds. The largest absolute Gasteiger partial charge is 0.484 e. The van der Waals surface area contributed by atoms with Crippen molar-refractivity contribution in [2.24, 2.45) is 0 Å². The van der Waals surface area contributed by atoms with Crippen LogP contribution in [0.3, 0.4) is 0 Å². The van der Waals surface area contributed by atoms with Gasteiger partial charge in [-0.1, -0.05) is 25.3 Å². The van der Waals surface area contributed by atoms with Crippen molar-refractivity contribution in [3.05, 3.63) is 69.5 Å². The summed E-state index contributed by atoms with van der Waals surface area (Å²) in [5.74, 6) is 2.01. The standard InChI is InChI=1S/C29H36BrN5O4.H2S/c1-19-26(39-18-33-19)17-38-25-8-7-21-15-35(12-10-24(21)28(25)30)16-23(36)14-32-29(37)20-9-11-31-27(13-20)34-22-5-3-2-4-6-22;/h7-9,11,13,18,22-23,36H,2-6,10,12,14-17H2,1H3,(H,31,34)(H,32,37);1H2/t23-;/m0./s1. The Bertz CT molecular complexity index is 1280. The maximum absolute atomic E-state index is 12.7. The Kier molecular flexibility index (Phi) is 10.9. The number of hydrogen-bond donors (Lipinski definition) is 3. The summed E-state index contributed by atoms with van der Waals surface area (Å²) in [7, 11) is 0. The molecule has 3 heterocycles. The second-order valence-electron chi connectivity index (χ2n) is 10.4. The molecular weight excluding hydrogens is 594 g/mol. The van der Waals surface area contributed by atoms with Gasteiger partial charge in [-0.05, 0) is 71.4 Å². The monoisotopic (exact) mass is 631 g/mol. The number of aromatic nitrogens is 2. The molecule has 5 rings (SSSR count). The lowest BCUT2D eigenvalue weighted by Crippen LogP contribution is -2.42. The second kappa shape index (κ2) is 14.3. The van der Waals surface area contributed by atoms with Crippen LogP contribution in [0.4, 0.5) is 5.82 Å². The molecule has 1 atom stereocenters. The van der Waals surface area contributed by atoms with Gasteiger partial charge < -0.3 is 24.9 Å². The third-order valence-electron chi connectivity index (χ3n) is 7.53. The third-order valence-corrected chi connectivity index (χ3v) is 8.40. The number of β-amino-alcohol motifs (C(OH)–C–C–N with tert-alkyl or cyclic N) is 1. The fraction of sp³-hybridized carbons (Fsp3) is 0.483. The van der Waals surface area contributed by atoms with Crippen LogP contribution < -0.4 is 15.4 Å². The van der Waals surface area contributed by atoms with E-state index in [4.69, 9.17) is 9.15 Å². The van der Waals surface area contributed by atoms with Crippen LogP contribution in [0.5, 0.6) is 5.75 Å². The van der Waals surface area contributed by atoms with E-state index in [0.29, 0.717) is 30.5 Å². The summed E-state index contributed by atoms with van der Waals surface area (Å²) in [6.45, 7) is 4.41. The summed E-state index contributed by atoms with van der Waals surface area (Å²) >= 11 is 3.72. The number of fused-ring (bicyclic) bond motifs is 1. The third kappa shape index (κ3) is 7.78. The van der Waals surface area contributed by atoms with Crippen LogP contribution >= 0.6 is 29.4 Å². The number of hydrogen-bond acceptors (Lipinski definition) is 8. The van der Waals surface area contributed by atoms with E-state index in [1.807, 2.05) is 13.0 Å². The summed E-state index contributed by atoms with van der Waals surface area (Å²) in [6.07, 6.45) is 9.28. The van der Waals surface area contributed by atoms with Gasteiger partial charge in [0.1, 0.15) is 18.2 Å². The van der Waals surface area contributed by atoms with Crippen LogP contribution in [-0.2, 0) is 19.6 Å². The Morgan fingerprint density at radius 1 is 1.25 bits per heavy atom. The van der Waals surface area contributed by atoms with Crippen LogP contribution in [0.1, 0.15) is 65.0 Å². The lowest BCUT2D eigenvalue weighted by atomic mass is 9.95. The zero-order chi connectivity index (χ0) is 27.2. The van der Waals surface area contributed by atoms with Crippen molar-refractivity contribution in [2.75, 3.05) is 25.0 Å². The van der Waals surface area contributed by atoms with E-state index in [2.05, 4.69) is 47.5 Å². The first-order chi connectivity index (χ1) is 19.0. The molecule has 3 aromatic rings. The Hall–Kier alpha value is -2.60. The molecule has 1 aliphatic heterocycles. The number of aliphatic hydroxyl groups is 1. The van der Waals surface area contributed by atoms with Crippen molar-refractivity contribution in [1.82, 2.24) is 20.2 Å². The Balaban J connectivity index is 0.00000370. The SMILES string of the molecule is Cc1ncoc1COc1ccc2c(c1Br)CCN(C[C@@H](O)CNC(=O)c1ccnc(NC3CCCCC3)c1)C2.S. The highest BCUT2D eigenvalue weighted by Crippen LogP contribution is 2.35. The van der Waals surface area contributed by atoms with Crippen molar-refractivity contribution in [2.45, 2.75) is 70.7 Å². The number of benzene rings is 1. The molecule has 2 aromatic heterocycles. The molecule has 0 saturated heterocycles. The van der Waals surface area contributed by atoms with Gasteiger partial charge in [-0.15, -0.1) is 0 Å². The van der Waals surface area contributed by atoms with E-state index in [-0.39, 0.29) is 25.9 Å². The number of halogens is 1. The van der Waals surface area contributed by atoms with E-state index in [0.717, 1.165) is 54.1 Å². The minimum absolute atomic E-state index is 0. The Morgan fingerprint density at radius 2 is 2.08 bits per heavy atom. The number of amides is 1. The van der Waals surface area contributed by atoms with Gasteiger partial charge in [-0.2, -0.15) is 13.5 Å². The molecule has 216 valence electrons. The molecular formula is C29H38BrN5O4S. The predicted molar refractivity (Wildman–Crippen MR) is 162 cm³/mol. The molecule has 0 unspecified atom stereocenters. The molecule has 1 aromatic carbocycles. The summed E-state index contributed by atoms with van der Waals surface area (Å²) in [4.78, 5) is 23.4. The first kappa shape index (κ1) is 30.4. The molecule has 2 aliphatic rings. The first-order valence-electron chi connectivity index (χ1n) is 13.7. The molecule has 11 heteroatoms. The number of aliphatic hydroxyl groups excluding tert-OH is 1. The highest BCUT2D eigenvalue weighted by atomic mass is 79.9. The summed E-state index contributed by atoms with van der Waals surface area (Å²) in [5.41, 5.74) is 3.79. The van der Waals surface area contributed by atoms with E-state index in [1.165, 1.54) is 36.8 Å². The molecule has 0 bridgehead atoms. The van der Waals surface area contributed by atoms with E-state index < -0.39 is 6.10 Å². The zero-order valence-corrected chi connectivity index (χ0v) is 25.4. The number of rotatable bonds is 10. The first-order valence-corrected chi connectivity index (χ1v) is 14.5. The number of nitrogens with one attached hydrogen (secondary N) is 2. The fourth-order valence-corrected chi connectivity index (χ4v) is 6.00. The maximum atomic E-state index is 12.7. The normalized spacial score (nSPS) is 16.5. The van der Waals surface area contributed by atoms with Gasteiger partial charge in [-0.25, -0.2) is 9.97 Å². The van der Waals surface area contributed by atoms with Crippen molar-refractivity contribution in [3.8, 4) is 5.75 Å². The molecule has 9 nitrogen and oxygen atoms in total. The number of anilines is 1. The number of aryl methyl sites for hydroxylation is 1. The van der Waals surface area contributed by atoms with Gasteiger partial charge in [0.2, 0.25) is 0 Å². The molecule has 3 N–H and O–H groups in total. The quantitative estimate of drug-likeness (QED) is 0.294. The number of ether oxygens (including phenoxy) is 1. The van der Waals surface area contributed by atoms with Crippen molar-refractivity contribution in [1.29, 1.82) is 0 Å². The lowest BCUT2D eigenvalue weighted by molar-refractivity contribution is 0.0841. The van der Waals surface area contributed by atoms with Crippen LogP contribution in [0.2, 0.25) is 0 Å². The molecule has 1 saturated carbocycles. The number of pyridine rings is 1. The number of carbonyl (C=O) groups excluding carboxylic acids is 1. The average Bonchev–Trinajstić information content (AvgIpc) is 3.36. The fourth-order valence-electron chi connectivity index (χ4n) is 5.31. The van der Waals surface area contributed by atoms with Crippen LogP contribution in [0, 0.1) is 6.92 Å². The Morgan fingerprint density at radius 3 is 2.85 bits per heavy atom. The van der Waals surface area contributed by atoms with Crippen LogP contribution in [-0.4, -0.2) is 57.7 Å². The minimum atomic E-state index is -0.673. The average molecular weight is 633 g/mol. The smallest absolute Gasteiger partial charge is 0.251 e. The van der Waals surface area contributed by atoms with Crippen molar-refractivity contribution >= 4 is 41.2 Å². The van der Waals surface area contributed by atoms with E-state index in [9.17, 15) is 9.90 Å².